The summed E-state index contributed by atoms with van der Waals surface area (Å²) in [5.74, 6) is -3.72. The van der Waals surface area contributed by atoms with Crippen LogP contribution in [0.25, 0.3) is 21.9 Å². The molecule has 0 atom stereocenters. The average Bonchev–Trinajstić information content (AvgIpc) is 2.85. The first kappa shape index (κ1) is 28.3. The Labute approximate surface area is 217 Å². The summed E-state index contributed by atoms with van der Waals surface area (Å²) in [5.41, 5.74) is -4.72. The van der Waals surface area contributed by atoms with Crippen LogP contribution in [0.15, 0.2) is 42.5 Å². The summed E-state index contributed by atoms with van der Waals surface area (Å²) in [7, 11) is -6.15. The minimum absolute atomic E-state index is 0.0863. The summed E-state index contributed by atoms with van der Waals surface area (Å²) in [4.78, 5) is 0. The van der Waals surface area contributed by atoms with Crippen LogP contribution in [-0.4, -0.2) is 13.9 Å². The summed E-state index contributed by atoms with van der Waals surface area (Å²) in [6.45, 7) is 2.18. The van der Waals surface area contributed by atoms with Crippen LogP contribution in [0.2, 0.25) is 0 Å². The summed E-state index contributed by atoms with van der Waals surface area (Å²) in [6.07, 6.45) is 9.07. The zero-order valence-corrected chi connectivity index (χ0v) is 21.6. The topological polar surface area (TPSA) is 43.4 Å². The first-order valence-electron chi connectivity index (χ1n) is 12.6. The fourth-order valence-corrected chi connectivity index (χ4v) is 5.68. The summed E-state index contributed by atoms with van der Waals surface area (Å²) >= 11 is 0. The van der Waals surface area contributed by atoms with E-state index in [-0.39, 0.29) is 22.4 Å². The van der Waals surface area contributed by atoms with Crippen molar-refractivity contribution < 1.29 is 38.9 Å². The molecule has 0 N–H and O–H groups in total. The molecule has 1 aliphatic rings. The highest BCUT2D eigenvalue weighted by molar-refractivity contribution is 7.88. The third-order valence-electron chi connectivity index (χ3n) is 7.29. The molecule has 3 aromatic carbocycles. The smallest absolute Gasteiger partial charge is 0.373 e. The highest BCUT2D eigenvalue weighted by atomic mass is 32.2. The van der Waals surface area contributed by atoms with Gasteiger partial charge in [0.15, 0.2) is 11.6 Å². The van der Waals surface area contributed by atoms with E-state index in [1.165, 1.54) is 37.8 Å². The van der Waals surface area contributed by atoms with Crippen LogP contribution in [0.1, 0.15) is 69.8 Å². The number of rotatable bonds is 8. The molecule has 10 heteroatoms. The molecule has 3 aromatic rings. The molecule has 1 saturated carbocycles. The van der Waals surface area contributed by atoms with Crippen molar-refractivity contribution in [2.75, 3.05) is 0 Å². The van der Waals surface area contributed by atoms with Crippen molar-refractivity contribution in [1.82, 2.24) is 0 Å². The minimum atomic E-state index is -6.15. The number of hydrogen-bond donors (Lipinski definition) is 0. The molecule has 0 saturated heterocycles. The monoisotopic (exact) mass is 558 g/mol. The molecule has 0 bridgehead atoms. The van der Waals surface area contributed by atoms with E-state index in [0.29, 0.717) is 12.0 Å². The predicted molar refractivity (Wildman–Crippen MR) is 134 cm³/mol. The molecule has 0 aromatic heterocycles. The summed E-state index contributed by atoms with van der Waals surface area (Å²) in [6, 6.07) is 8.60. The van der Waals surface area contributed by atoms with E-state index in [9.17, 15) is 30.4 Å². The van der Waals surface area contributed by atoms with Crippen LogP contribution in [0.4, 0.5) is 26.3 Å². The Bertz CT molecular complexity index is 1410. The Morgan fingerprint density at radius 1 is 0.895 bits per heavy atom. The van der Waals surface area contributed by atoms with Gasteiger partial charge in [0.1, 0.15) is 11.6 Å². The van der Waals surface area contributed by atoms with Crippen LogP contribution in [0, 0.1) is 23.4 Å². The second-order valence-electron chi connectivity index (χ2n) is 9.87. The minimum Gasteiger partial charge on any atom is -0.373 e. The quantitative estimate of drug-likeness (QED) is 0.120. The molecule has 0 aliphatic heterocycles. The molecule has 4 rings (SSSR count). The fraction of sp³-hybridized carbons (Fsp3) is 0.429. The summed E-state index contributed by atoms with van der Waals surface area (Å²) < 4.78 is 109. The lowest BCUT2D eigenvalue weighted by Gasteiger charge is -2.29. The van der Waals surface area contributed by atoms with Gasteiger partial charge in [-0.05, 0) is 78.3 Å². The van der Waals surface area contributed by atoms with Crippen molar-refractivity contribution in [3.8, 4) is 16.9 Å². The molecule has 0 heterocycles. The molecule has 0 spiro atoms. The van der Waals surface area contributed by atoms with Crippen LogP contribution >= 0.6 is 0 Å². The van der Waals surface area contributed by atoms with E-state index in [1.807, 2.05) is 6.07 Å². The molecule has 3 nitrogen and oxygen atoms in total. The van der Waals surface area contributed by atoms with Crippen molar-refractivity contribution in [2.24, 2.45) is 5.92 Å². The summed E-state index contributed by atoms with van der Waals surface area (Å²) in [5, 5.41) is -0.865. The lowest BCUT2D eigenvalue weighted by atomic mass is 9.77. The maximum Gasteiger partial charge on any atom is 0.534 e. The lowest BCUT2D eigenvalue weighted by Crippen LogP contribution is -2.28. The second kappa shape index (κ2) is 11.2. The first-order chi connectivity index (χ1) is 17.9. The molecular formula is C28H28F6O3S. The normalized spacial score (nSPS) is 18.6. The maximum absolute atomic E-state index is 15.2. The fourth-order valence-electron chi connectivity index (χ4n) is 5.22. The predicted octanol–water partition coefficient (Wildman–Crippen LogP) is 9.01. The lowest BCUT2D eigenvalue weighted by molar-refractivity contribution is -0.0500. The van der Waals surface area contributed by atoms with Gasteiger partial charge in [-0.15, -0.1) is 0 Å². The van der Waals surface area contributed by atoms with Crippen LogP contribution in [0.3, 0.4) is 0 Å². The average molecular weight is 559 g/mol. The van der Waals surface area contributed by atoms with E-state index in [2.05, 4.69) is 11.1 Å². The molecule has 0 unspecified atom stereocenters. The van der Waals surface area contributed by atoms with Crippen molar-refractivity contribution in [3.63, 3.8) is 0 Å². The number of unbranched alkanes of at least 4 members (excludes halogenated alkanes) is 2. The van der Waals surface area contributed by atoms with Gasteiger partial charge in [0, 0.05) is 5.56 Å². The van der Waals surface area contributed by atoms with Gasteiger partial charge in [0.2, 0.25) is 0 Å². The van der Waals surface area contributed by atoms with E-state index < -0.39 is 44.2 Å². The zero-order chi connectivity index (χ0) is 27.7. The van der Waals surface area contributed by atoms with Gasteiger partial charge in [0.05, 0.1) is 5.39 Å². The van der Waals surface area contributed by atoms with Crippen molar-refractivity contribution in [2.45, 2.75) is 69.7 Å². The largest absolute Gasteiger partial charge is 0.534 e. The Kier molecular flexibility index (Phi) is 8.30. The van der Waals surface area contributed by atoms with Gasteiger partial charge in [-0.3, -0.25) is 0 Å². The molecule has 1 fully saturated rings. The van der Waals surface area contributed by atoms with E-state index in [0.717, 1.165) is 43.4 Å². The number of benzene rings is 3. The number of halogens is 6. The third-order valence-corrected chi connectivity index (χ3v) is 8.26. The first-order valence-corrected chi connectivity index (χ1v) is 14.0. The number of hydrogen-bond acceptors (Lipinski definition) is 3. The third kappa shape index (κ3) is 5.95. The van der Waals surface area contributed by atoms with Gasteiger partial charge in [0.25, 0.3) is 0 Å². The SMILES string of the molecule is CCCCCC1CCC(c2ccc(-c3cc(F)c4c(F)c(OS(=O)(=O)C(F)(F)F)ccc4c3)c(F)c2)CC1. The standard InChI is InChI=1S/C28H28F6O3S/c1-2-3-4-5-17-6-8-18(9-7-17)19-10-12-22(23(29)15-19)21-14-20-11-13-25(27(31)26(20)24(30)16-21)37-38(35,36)28(32,33)34/h10-18H,2-9H2,1H3. The highest BCUT2D eigenvalue weighted by Crippen LogP contribution is 2.40. The molecule has 206 valence electrons. The Morgan fingerprint density at radius 3 is 2.24 bits per heavy atom. The van der Waals surface area contributed by atoms with Gasteiger partial charge in [-0.25, -0.2) is 13.2 Å². The highest BCUT2D eigenvalue weighted by Gasteiger charge is 2.49. The van der Waals surface area contributed by atoms with Crippen LogP contribution in [-0.2, 0) is 10.1 Å². The van der Waals surface area contributed by atoms with E-state index in [4.69, 9.17) is 0 Å². The zero-order valence-electron chi connectivity index (χ0n) is 20.8. The van der Waals surface area contributed by atoms with Gasteiger partial charge in [-0.1, -0.05) is 50.8 Å². The maximum atomic E-state index is 15.2. The van der Waals surface area contributed by atoms with E-state index in [1.54, 1.807) is 6.07 Å². The molecule has 0 radical (unpaired) electrons. The molecular weight excluding hydrogens is 530 g/mol. The Hall–Kier alpha value is -2.75. The van der Waals surface area contributed by atoms with Gasteiger partial charge < -0.3 is 4.18 Å². The van der Waals surface area contributed by atoms with Gasteiger partial charge in [-0.2, -0.15) is 21.6 Å². The van der Waals surface area contributed by atoms with E-state index >= 15 is 4.39 Å². The van der Waals surface area contributed by atoms with Crippen LogP contribution in [0.5, 0.6) is 5.75 Å². The molecule has 38 heavy (non-hydrogen) atoms. The van der Waals surface area contributed by atoms with Crippen molar-refractivity contribution in [3.05, 3.63) is 65.5 Å². The van der Waals surface area contributed by atoms with Gasteiger partial charge >= 0.3 is 15.6 Å². The molecule has 0 amide bonds. The number of fused-ring (bicyclic) bond motifs is 1. The Balaban J connectivity index is 1.56. The second-order valence-corrected chi connectivity index (χ2v) is 11.4. The Morgan fingerprint density at radius 2 is 1.61 bits per heavy atom. The van der Waals surface area contributed by atoms with Crippen molar-refractivity contribution in [1.29, 1.82) is 0 Å². The number of alkyl halides is 3. The van der Waals surface area contributed by atoms with Crippen molar-refractivity contribution >= 4 is 20.9 Å². The van der Waals surface area contributed by atoms with Crippen LogP contribution < -0.4 is 4.18 Å². The molecule has 1 aliphatic carbocycles.